The van der Waals surface area contributed by atoms with E-state index >= 15 is 0 Å². The number of halogens is 1. The number of benzene rings is 2. The highest BCUT2D eigenvalue weighted by Gasteiger charge is 2.23. The van der Waals surface area contributed by atoms with Crippen molar-refractivity contribution in [1.29, 1.82) is 0 Å². The first kappa shape index (κ1) is 22.9. The molecule has 1 unspecified atom stereocenters. The first-order valence-corrected chi connectivity index (χ1v) is 10.2. The van der Waals surface area contributed by atoms with Gasteiger partial charge in [-0.3, -0.25) is 14.4 Å². The normalized spacial score (nSPS) is 11.8. The van der Waals surface area contributed by atoms with Crippen LogP contribution in [0.4, 0.5) is 4.39 Å². The molecule has 2 aromatic carbocycles. The average molecular weight is 437 g/mol. The third-order valence-corrected chi connectivity index (χ3v) is 4.65. The molecule has 0 radical (unpaired) electrons. The molecule has 32 heavy (non-hydrogen) atoms. The van der Waals surface area contributed by atoms with Crippen LogP contribution in [-0.4, -0.2) is 27.8 Å². The smallest absolute Gasteiger partial charge is 0.308 e. The number of esters is 1. The van der Waals surface area contributed by atoms with Crippen LogP contribution >= 0.6 is 0 Å². The SMILES string of the molecule is Cc1cc(=O)c(C(=O)NC(CC(=O)OC(C)C)c2ccccc2)nn1-c1ccccc1F. The zero-order chi connectivity index (χ0) is 23.3. The second kappa shape index (κ2) is 10.00. The number of amides is 1. The van der Waals surface area contributed by atoms with Gasteiger partial charge in [0.2, 0.25) is 5.43 Å². The van der Waals surface area contributed by atoms with Crippen molar-refractivity contribution in [3.63, 3.8) is 0 Å². The van der Waals surface area contributed by atoms with Crippen molar-refractivity contribution < 1.29 is 18.7 Å². The molecule has 166 valence electrons. The Morgan fingerprint density at radius 3 is 2.41 bits per heavy atom. The number of ether oxygens (including phenoxy) is 1. The summed E-state index contributed by atoms with van der Waals surface area (Å²) in [6.45, 7) is 5.06. The third kappa shape index (κ3) is 5.46. The van der Waals surface area contributed by atoms with Crippen molar-refractivity contribution in [3.05, 3.63) is 93.7 Å². The molecular weight excluding hydrogens is 413 g/mol. The Balaban J connectivity index is 1.94. The predicted octanol–water partition coefficient (Wildman–Crippen LogP) is 3.49. The van der Waals surface area contributed by atoms with Crippen LogP contribution in [0.5, 0.6) is 0 Å². The molecule has 0 bridgehead atoms. The summed E-state index contributed by atoms with van der Waals surface area (Å²) in [6.07, 6.45) is -0.428. The lowest BCUT2D eigenvalue weighted by atomic mass is 10.0. The van der Waals surface area contributed by atoms with E-state index in [9.17, 15) is 18.8 Å². The molecular formula is C24H24FN3O4. The van der Waals surface area contributed by atoms with Crippen molar-refractivity contribution in [2.24, 2.45) is 0 Å². The van der Waals surface area contributed by atoms with E-state index in [1.54, 1.807) is 51.1 Å². The highest BCUT2D eigenvalue weighted by molar-refractivity contribution is 5.92. The Bertz CT molecular complexity index is 1180. The van der Waals surface area contributed by atoms with E-state index in [0.29, 0.717) is 11.3 Å². The highest BCUT2D eigenvalue weighted by Crippen LogP contribution is 2.19. The third-order valence-electron chi connectivity index (χ3n) is 4.65. The topological polar surface area (TPSA) is 90.3 Å². The Morgan fingerprint density at radius 1 is 1.09 bits per heavy atom. The molecule has 1 heterocycles. The maximum absolute atomic E-state index is 14.3. The largest absolute Gasteiger partial charge is 0.463 e. The van der Waals surface area contributed by atoms with E-state index in [-0.39, 0.29) is 18.2 Å². The summed E-state index contributed by atoms with van der Waals surface area (Å²) in [5, 5.41) is 6.81. The van der Waals surface area contributed by atoms with Crippen LogP contribution in [0, 0.1) is 12.7 Å². The molecule has 0 fully saturated rings. The number of carbonyl (C=O) groups is 2. The van der Waals surface area contributed by atoms with Gasteiger partial charge >= 0.3 is 5.97 Å². The van der Waals surface area contributed by atoms with Crippen molar-refractivity contribution >= 4 is 11.9 Å². The van der Waals surface area contributed by atoms with E-state index in [0.717, 1.165) is 0 Å². The van der Waals surface area contributed by atoms with Crippen LogP contribution in [0.1, 0.15) is 48.1 Å². The molecule has 1 aromatic heterocycles. The van der Waals surface area contributed by atoms with Crippen LogP contribution in [0.25, 0.3) is 5.69 Å². The van der Waals surface area contributed by atoms with Crippen LogP contribution in [0.3, 0.4) is 0 Å². The number of hydrogen-bond donors (Lipinski definition) is 1. The number of para-hydroxylation sites is 1. The van der Waals surface area contributed by atoms with Gasteiger partial charge in [0, 0.05) is 11.8 Å². The molecule has 1 amide bonds. The van der Waals surface area contributed by atoms with Crippen molar-refractivity contribution in [2.75, 3.05) is 0 Å². The number of nitrogens with one attached hydrogen (secondary N) is 1. The second-order valence-electron chi connectivity index (χ2n) is 7.54. The van der Waals surface area contributed by atoms with E-state index < -0.39 is 34.9 Å². The minimum absolute atomic E-state index is 0.110. The van der Waals surface area contributed by atoms with Gasteiger partial charge in [0.1, 0.15) is 11.5 Å². The molecule has 8 heteroatoms. The van der Waals surface area contributed by atoms with E-state index in [2.05, 4.69) is 10.4 Å². The lowest BCUT2D eigenvalue weighted by molar-refractivity contribution is -0.147. The predicted molar refractivity (Wildman–Crippen MR) is 117 cm³/mol. The summed E-state index contributed by atoms with van der Waals surface area (Å²) in [5.74, 6) is -1.81. The highest BCUT2D eigenvalue weighted by atomic mass is 19.1. The quantitative estimate of drug-likeness (QED) is 0.572. The summed E-state index contributed by atoms with van der Waals surface area (Å²) in [6, 6.07) is 15.3. The van der Waals surface area contributed by atoms with Gasteiger partial charge in [-0.2, -0.15) is 5.10 Å². The van der Waals surface area contributed by atoms with Crippen LogP contribution < -0.4 is 10.7 Å². The molecule has 0 spiro atoms. The van der Waals surface area contributed by atoms with Gasteiger partial charge in [0.25, 0.3) is 5.91 Å². The molecule has 0 saturated carbocycles. The molecule has 1 atom stereocenters. The molecule has 0 saturated heterocycles. The molecule has 0 aliphatic heterocycles. The summed E-state index contributed by atoms with van der Waals surface area (Å²) in [5.41, 5.74) is 0.139. The van der Waals surface area contributed by atoms with Gasteiger partial charge < -0.3 is 10.1 Å². The molecule has 1 N–H and O–H groups in total. The summed E-state index contributed by atoms with van der Waals surface area (Å²) < 4.78 is 20.7. The average Bonchev–Trinajstić information content (AvgIpc) is 2.74. The second-order valence-corrected chi connectivity index (χ2v) is 7.54. The first-order valence-electron chi connectivity index (χ1n) is 10.2. The van der Waals surface area contributed by atoms with Crippen LogP contribution in [-0.2, 0) is 9.53 Å². The molecule has 3 aromatic rings. The minimum Gasteiger partial charge on any atom is -0.463 e. The number of carbonyl (C=O) groups excluding carboxylic acids is 2. The standard InChI is InChI=1S/C24H24FN3O4/c1-15(2)32-22(30)14-19(17-9-5-4-6-10-17)26-24(31)23-21(29)13-16(3)28(27-23)20-12-8-7-11-18(20)25/h4-13,15,19H,14H2,1-3H3,(H,26,31). The Labute approximate surface area is 184 Å². The summed E-state index contributed by atoms with van der Waals surface area (Å²) in [7, 11) is 0. The summed E-state index contributed by atoms with van der Waals surface area (Å²) in [4.78, 5) is 37.8. The fourth-order valence-corrected chi connectivity index (χ4v) is 3.21. The van der Waals surface area contributed by atoms with Crippen molar-refractivity contribution in [2.45, 2.75) is 39.3 Å². The van der Waals surface area contributed by atoms with E-state index in [1.807, 2.05) is 6.07 Å². The number of rotatable bonds is 7. The zero-order valence-electron chi connectivity index (χ0n) is 18.0. The maximum atomic E-state index is 14.3. The van der Waals surface area contributed by atoms with E-state index in [4.69, 9.17) is 4.74 Å². The number of nitrogens with zero attached hydrogens (tertiary/aromatic N) is 2. The van der Waals surface area contributed by atoms with Gasteiger partial charge in [0.05, 0.1) is 18.6 Å². The van der Waals surface area contributed by atoms with Gasteiger partial charge in [-0.25, -0.2) is 9.07 Å². The molecule has 3 rings (SSSR count). The van der Waals surface area contributed by atoms with Crippen LogP contribution in [0.15, 0.2) is 65.5 Å². The fourth-order valence-electron chi connectivity index (χ4n) is 3.21. The molecule has 0 aliphatic carbocycles. The monoisotopic (exact) mass is 437 g/mol. The Morgan fingerprint density at radius 2 is 1.75 bits per heavy atom. The van der Waals surface area contributed by atoms with Crippen LogP contribution in [0.2, 0.25) is 0 Å². The Kier molecular flexibility index (Phi) is 7.14. The van der Waals surface area contributed by atoms with Crippen molar-refractivity contribution in [1.82, 2.24) is 15.1 Å². The lowest BCUT2D eigenvalue weighted by Gasteiger charge is -2.19. The lowest BCUT2D eigenvalue weighted by Crippen LogP contribution is -2.36. The fraction of sp³-hybridized carbons (Fsp3) is 0.250. The van der Waals surface area contributed by atoms with Crippen molar-refractivity contribution in [3.8, 4) is 5.69 Å². The first-order chi connectivity index (χ1) is 15.3. The van der Waals surface area contributed by atoms with Gasteiger partial charge in [-0.1, -0.05) is 42.5 Å². The molecule has 0 aliphatic rings. The Hall–Kier alpha value is -3.81. The minimum atomic E-state index is -0.772. The number of aromatic nitrogens is 2. The van der Waals surface area contributed by atoms with Gasteiger partial charge in [-0.05, 0) is 38.5 Å². The number of hydrogen-bond acceptors (Lipinski definition) is 5. The maximum Gasteiger partial charge on any atom is 0.308 e. The summed E-state index contributed by atoms with van der Waals surface area (Å²) >= 11 is 0. The number of aryl methyl sites for hydroxylation is 1. The van der Waals surface area contributed by atoms with Gasteiger partial charge in [0.15, 0.2) is 5.69 Å². The molecule has 7 nitrogen and oxygen atoms in total. The van der Waals surface area contributed by atoms with Gasteiger partial charge in [-0.15, -0.1) is 0 Å². The zero-order valence-corrected chi connectivity index (χ0v) is 18.0. The van der Waals surface area contributed by atoms with E-state index in [1.165, 1.54) is 28.9 Å².